The summed E-state index contributed by atoms with van der Waals surface area (Å²) in [5.74, 6) is -1.94. The molecular formula is C12H16FNO3S. The average molecular weight is 273 g/mol. The first-order valence-electron chi connectivity index (χ1n) is 5.39. The van der Waals surface area contributed by atoms with Gasteiger partial charge in [0.15, 0.2) is 9.84 Å². The number of benzene rings is 1. The molecule has 6 heteroatoms. The summed E-state index contributed by atoms with van der Waals surface area (Å²) in [6.07, 6.45) is 0. The molecule has 0 unspecified atom stereocenters. The Morgan fingerprint density at radius 1 is 1.33 bits per heavy atom. The molecule has 100 valence electrons. The molecule has 0 aliphatic rings. The summed E-state index contributed by atoms with van der Waals surface area (Å²) in [4.78, 5) is 11.4. The van der Waals surface area contributed by atoms with Gasteiger partial charge in [0.2, 0.25) is 5.91 Å². The maximum atomic E-state index is 12.9. The maximum Gasteiger partial charge on any atom is 0.235 e. The number of hydrogen-bond acceptors (Lipinski definition) is 3. The zero-order valence-corrected chi connectivity index (χ0v) is 11.3. The summed E-state index contributed by atoms with van der Waals surface area (Å²) in [6, 6.07) is 4.61. The molecule has 1 amide bonds. The molecule has 0 saturated heterocycles. The first-order valence-corrected chi connectivity index (χ1v) is 7.05. The fraction of sp³-hybridized carbons (Fsp3) is 0.417. The van der Waals surface area contributed by atoms with Crippen molar-refractivity contribution in [2.75, 3.05) is 5.75 Å². The van der Waals surface area contributed by atoms with Crippen LogP contribution in [0.15, 0.2) is 29.2 Å². The van der Waals surface area contributed by atoms with Crippen LogP contribution in [0.3, 0.4) is 0 Å². The highest BCUT2D eigenvalue weighted by atomic mass is 32.2. The standard InChI is InChI=1S/C12H16FNO3S/c1-12(2,3)14-11(15)8-18(16,17)10-6-4-5-9(13)7-10/h4-7H,8H2,1-3H3,(H,14,15). The van der Waals surface area contributed by atoms with Gasteiger partial charge in [0, 0.05) is 5.54 Å². The van der Waals surface area contributed by atoms with E-state index in [1.165, 1.54) is 12.1 Å². The van der Waals surface area contributed by atoms with Crippen molar-refractivity contribution in [2.45, 2.75) is 31.2 Å². The Bertz CT molecular complexity index is 547. The highest BCUT2D eigenvalue weighted by molar-refractivity contribution is 7.92. The molecule has 0 radical (unpaired) electrons. The van der Waals surface area contributed by atoms with Gasteiger partial charge in [-0.25, -0.2) is 12.8 Å². The van der Waals surface area contributed by atoms with E-state index in [4.69, 9.17) is 0 Å². The molecule has 1 aromatic carbocycles. The van der Waals surface area contributed by atoms with Gasteiger partial charge in [0.1, 0.15) is 11.6 Å². The Morgan fingerprint density at radius 2 is 1.94 bits per heavy atom. The predicted molar refractivity (Wildman–Crippen MR) is 66.3 cm³/mol. The molecule has 0 atom stereocenters. The van der Waals surface area contributed by atoms with Crippen LogP contribution < -0.4 is 5.32 Å². The first kappa shape index (κ1) is 14.6. The lowest BCUT2D eigenvalue weighted by Gasteiger charge is -2.20. The molecule has 1 N–H and O–H groups in total. The zero-order valence-electron chi connectivity index (χ0n) is 10.5. The molecular weight excluding hydrogens is 257 g/mol. The largest absolute Gasteiger partial charge is 0.351 e. The van der Waals surface area contributed by atoms with E-state index in [1.807, 2.05) is 0 Å². The van der Waals surface area contributed by atoms with E-state index < -0.39 is 32.9 Å². The Kier molecular flexibility index (Phi) is 4.11. The Hall–Kier alpha value is -1.43. The second-order valence-corrected chi connectivity index (χ2v) is 7.00. The van der Waals surface area contributed by atoms with E-state index >= 15 is 0 Å². The van der Waals surface area contributed by atoms with E-state index in [0.717, 1.165) is 12.1 Å². The van der Waals surface area contributed by atoms with Gasteiger partial charge in [0.05, 0.1) is 4.90 Å². The molecule has 4 nitrogen and oxygen atoms in total. The van der Waals surface area contributed by atoms with Gasteiger partial charge in [-0.3, -0.25) is 4.79 Å². The number of hydrogen-bond donors (Lipinski definition) is 1. The van der Waals surface area contributed by atoms with Gasteiger partial charge in [-0.2, -0.15) is 0 Å². The fourth-order valence-electron chi connectivity index (χ4n) is 1.37. The second-order valence-electron chi connectivity index (χ2n) is 5.01. The molecule has 0 saturated carbocycles. The third-order valence-electron chi connectivity index (χ3n) is 1.99. The minimum absolute atomic E-state index is 0.188. The van der Waals surface area contributed by atoms with E-state index in [-0.39, 0.29) is 4.90 Å². The third kappa shape index (κ3) is 4.44. The maximum absolute atomic E-state index is 12.9. The first-order chi connectivity index (χ1) is 8.10. The summed E-state index contributed by atoms with van der Waals surface area (Å²) < 4.78 is 36.6. The molecule has 0 bridgehead atoms. The number of nitrogens with one attached hydrogen (secondary N) is 1. The van der Waals surface area contributed by atoms with Gasteiger partial charge in [-0.05, 0) is 39.0 Å². The number of carbonyl (C=O) groups excluding carboxylic acids is 1. The molecule has 0 aliphatic heterocycles. The van der Waals surface area contributed by atoms with E-state index in [0.29, 0.717) is 0 Å². The molecule has 0 aromatic heterocycles. The van der Waals surface area contributed by atoms with Crippen LogP contribution in [-0.4, -0.2) is 25.6 Å². The summed E-state index contributed by atoms with van der Waals surface area (Å²) >= 11 is 0. The van der Waals surface area contributed by atoms with Crippen molar-refractivity contribution in [3.8, 4) is 0 Å². The monoisotopic (exact) mass is 273 g/mol. The zero-order chi connectivity index (χ0) is 14.0. The molecule has 0 aliphatic carbocycles. The van der Waals surface area contributed by atoms with Crippen LogP contribution in [-0.2, 0) is 14.6 Å². The molecule has 1 aromatic rings. The van der Waals surface area contributed by atoms with Crippen LogP contribution >= 0.6 is 0 Å². The van der Waals surface area contributed by atoms with Crippen molar-refractivity contribution in [1.82, 2.24) is 5.32 Å². The third-order valence-corrected chi connectivity index (χ3v) is 3.61. The molecule has 18 heavy (non-hydrogen) atoms. The molecule has 0 heterocycles. The van der Waals surface area contributed by atoms with Gasteiger partial charge in [-0.1, -0.05) is 6.07 Å². The van der Waals surface area contributed by atoms with Crippen LogP contribution in [0.1, 0.15) is 20.8 Å². The van der Waals surface area contributed by atoms with Crippen LogP contribution in [0.2, 0.25) is 0 Å². The number of halogens is 1. The van der Waals surface area contributed by atoms with Crippen molar-refractivity contribution >= 4 is 15.7 Å². The van der Waals surface area contributed by atoms with Crippen molar-refractivity contribution < 1.29 is 17.6 Å². The van der Waals surface area contributed by atoms with Crippen LogP contribution in [0.5, 0.6) is 0 Å². The molecule has 0 spiro atoms. The van der Waals surface area contributed by atoms with Gasteiger partial charge in [0.25, 0.3) is 0 Å². The highest BCUT2D eigenvalue weighted by Crippen LogP contribution is 2.12. The van der Waals surface area contributed by atoms with Crippen molar-refractivity contribution in [3.63, 3.8) is 0 Å². The minimum Gasteiger partial charge on any atom is -0.351 e. The average Bonchev–Trinajstić information content (AvgIpc) is 2.13. The number of carbonyl (C=O) groups is 1. The summed E-state index contributed by atoms with van der Waals surface area (Å²) in [5.41, 5.74) is -0.505. The number of amides is 1. The van der Waals surface area contributed by atoms with Crippen LogP contribution in [0, 0.1) is 5.82 Å². The Balaban J connectivity index is 2.87. The van der Waals surface area contributed by atoms with Crippen molar-refractivity contribution in [1.29, 1.82) is 0 Å². The van der Waals surface area contributed by atoms with E-state index in [2.05, 4.69) is 5.32 Å². The second kappa shape index (κ2) is 5.06. The quantitative estimate of drug-likeness (QED) is 0.908. The Labute approximate surface area is 106 Å². The van der Waals surface area contributed by atoms with E-state index in [9.17, 15) is 17.6 Å². The molecule has 1 rings (SSSR count). The predicted octanol–water partition coefficient (Wildman–Crippen LogP) is 1.51. The van der Waals surface area contributed by atoms with Crippen molar-refractivity contribution in [2.24, 2.45) is 0 Å². The summed E-state index contributed by atoms with van der Waals surface area (Å²) in [7, 11) is -3.81. The van der Waals surface area contributed by atoms with E-state index in [1.54, 1.807) is 20.8 Å². The smallest absolute Gasteiger partial charge is 0.235 e. The summed E-state index contributed by atoms with van der Waals surface area (Å²) in [6.45, 7) is 5.25. The number of rotatable bonds is 3. The fourth-order valence-corrected chi connectivity index (χ4v) is 2.53. The SMILES string of the molecule is CC(C)(C)NC(=O)CS(=O)(=O)c1cccc(F)c1. The van der Waals surface area contributed by atoms with Crippen LogP contribution in [0.25, 0.3) is 0 Å². The number of sulfone groups is 1. The molecule has 0 fully saturated rings. The Morgan fingerprint density at radius 3 is 2.44 bits per heavy atom. The topological polar surface area (TPSA) is 63.2 Å². The van der Waals surface area contributed by atoms with Gasteiger partial charge >= 0.3 is 0 Å². The van der Waals surface area contributed by atoms with Crippen LogP contribution in [0.4, 0.5) is 4.39 Å². The van der Waals surface area contributed by atoms with Gasteiger partial charge < -0.3 is 5.32 Å². The van der Waals surface area contributed by atoms with Gasteiger partial charge in [-0.15, -0.1) is 0 Å². The van der Waals surface area contributed by atoms with Crippen molar-refractivity contribution in [3.05, 3.63) is 30.1 Å². The lowest BCUT2D eigenvalue weighted by atomic mass is 10.1. The lowest BCUT2D eigenvalue weighted by Crippen LogP contribution is -2.43. The summed E-state index contributed by atoms with van der Waals surface area (Å²) in [5, 5.41) is 2.55. The highest BCUT2D eigenvalue weighted by Gasteiger charge is 2.22. The normalized spacial score (nSPS) is 12.2. The lowest BCUT2D eigenvalue weighted by molar-refractivity contribution is -0.120. The minimum atomic E-state index is -3.81.